The highest BCUT2D eigenvalue weighted by molar-refractivity contribution is 6.45. The van der Waals surface area contributed by atoms with Crippen LogP contribution in [0.5, 0.6) is 11.5 Å². The summed E-state index contributed by atoms with van der Waals surface area (Å²) in [7, 11) is 1.29. The van der Waals surface area contributed by atoms with Gasteiger partial charge in [0, 0.05) is 36.6 Å². The van der Waals surface area contributed by atoms with Crippen molar-refractivity contribution < 1.29 is 23.9 Å². The second-order valence-corrected chi connectivity index (χ2v) is 8.79. The molecule has 1 aliphatic heterocycles. The summed E-state index contributed by atoms with van der Waals surface area (Å²) < 4.78 is 23.4. The van der Waals surface area contributed by atoms with E-state index in [2.05, 4.69) is 38.7 Å². The number of hydrogen-bond donors (Lipinski definition) is 1. The van der Waals surface area contributed by atoms with Gasteiger partial charge in [0.1, 0.15) is 0 Å². The van der Waals surface area contributed by atoms with Crippen molar-refractivity contribution in [1.82, 2.24) is 4.98 Å². The molecule has 1 fully saturated rings. The molecule has 168 valence electrons. The second-order valence-electron chi connectivity index (χ2n) is 8.79. The minimum Gasteiger partial charge on any atom is -0.493 e. The maximum atomic E-state index is 10.1. The third-order valence-corrected chi connectivity index (χ3v) is 5.50. The summed E-state index contributed by atoms with van der Waals surface area (Å²) in [5.41, 5.74) is 2.66. The van der Waals surface area contributed by atoms with Crippen LogP contribution in [0, 0.1) is 0 Å². The Bertz CT molecular complexity index is 860. The van der Waals surface area contributed by atoms with Gasteiger partial charge in [0.15, 0.2) is 11.5 Å². The molecule has 2 atom stereocenters. The van der Waals surface area contributed by atoms with Crippen LogP contribution in [0.15, 0.2) is 36.7 Å². The number of hydrogen-bond acceptors (Lipinski definition) is 6. The van der Waals surface area contributed by atoms with E-state index < -0.39 is 0 Å². The lowest BCUT2D eigenvalue weighted by Gasteiger charge is -2.39. The molecule has 1 saturated heterocycles. The number of ether oxygens (including phenoxy) is 2. The lowest BCUT2D eigenvalue weighted by Crippen LogP contribution is -2.46. The Labute approximate surface area is 186 Å². The van der Waals surface area contributed by atoms with Crippen molar-refractivity contribution >= 4 is 7.12 Å². The predicted octanol–water partition coefficient (Wildman–Crippen LogP) is 4.71. The predicted molar refractivity (Wildman–Crippen MR) is 123 cm³/mol. The smallest absolute Gasteiger partial charge is 0.458 e. The SMILES string of the molecule is CCCOc1cc(-c2cncc([C@H](CO)CB3O[C@H](C)CC(C)(C)O3)c2)ccc1OC. The normalized spacial score (nSPS) is 19.2. The van der Waals surface area contributed by atoms with Gasteiger partial charge in [-0.3, -0.25) is 4.98 Å². The molecule has 0 bridgehead atoms. The van der Waals surface area contributed by atoms with Crippen LogP contribution in [0.3, 0.4) is 0 Å². The largest absolute Gasteiger partial charge is 0.493 e. The Morgan fingerprint density at radius 2 is 2.03 bits per heavy atom. The highest BCUT2D eigenvalue weighted by Gasteiger charge is 2.38. The number of rotatable bonds is 9. The van der Waals surface area contributed by atoms with Crippen LogP contribution in [0.1, 0.15) is 52.0 Å². The van der Waals surface area contributed by atoms with Crippen LogP contribution in [-0.4, -0.2) is 49.2 Å². The number of aromatic nitrogens is 1. The van der Waals surface area contributed by atoms with E-state index in [0.717, 1.165) is 29.5 Å². The van der Waals surface area contributed by atoms with E-state index in [0.29, 0.717) is 24.4 Å². The topological polar surface area (TPSA) is 70.0 Å². The van der Waals surface area contributed by atoms with E-state index in [1.807, 2.05) is 24.4 Å². The van der Waals surface area contributed by atoms with E-state index in [-0.39, 0.29) is 31.3 Å². The van der Waals surface area contributed by atoms with E-state index >= 15 is 0 Å². The summed E-state index contributed by atoms with van der Waals surface area (Å²) in [6.45, 7) is 8.92. The minimum absolute atomic E-state index is 0.00334. The average Bonchev–Trinajstić information content (AvgIpc) is 2.74. The van der Waals surface area contributed by atoms with Crippen molar-refractivity contribution in [3.63, 3.8) is 0 Å². The van der Waals surface area contributed by atoms with Gasteiger partial charge in [-0.15, -0.1) is 0 Å². The molecule has 31 heavy (non-hydrogen) atoms. The fraction of sp³-hybridized carbons (Fsp3) is 0.542. The Morgan fingerprint density at radius 1 is 1.23 bits per heavy atom. The molecule has 0 unspecified atom stereocenters. The maximum absolute atomic E-state index is 10.1. The monoisotopic (exact) mass is 427 g/mol. The van der Waals surface area contributed by atoms with E-state index in [1.165, 1.54) is 0 Å². The highest BCUT2D eigenvalue weighted by atomic mass is 16.6. The maximum Gasteiger partial charge on any atom is 0.458 e. The first-order chi connectivity index (χ1) is 14.8. The molecular formula is C24H34BNO5. The van der Waals surface area contributed by atoms with Gasteiger partial charge in [-0.1, -0.05) is 13.0 Å². The molecule has 3 rings (SSSR count). The fourth-order valence-electron chi connectivity index (χ4n) is 4.10. The molecule has 0 amide bonds. The van der Waals surface area contributed by atoms with Gasteiger partial charge in [0.2, 0.25) is 0 Å². The van der Waals surface area contributed by atoms with Crippen molar-refractivity contribution in [2.75, 3.05) is 20.3 Å². The van der Waals surface area contributed by atoms with Crippen molar-refractivity contribution in [3.05, 3.63) is 42.2 Å². The lowest BCUT2D eigenvalue weighted by molar-refractivity contribution is -0.0297. The minimum atomic E-state index is -0.352. The summed E-state index contributed by atoms with van der Waals surface area (Å²) in [5, 5.41) is 10.1. The summed E-state index contributed by atoms with van der Waals surface area (Å²) in [5.74, 6) is 1.29. The Morgan fingerprint density at radius 3 is 2.71 bits per heavy atom. The summed E-state index contributed by atoms with van der Waals surface area (Å²) in [6, 6.07) is 7.94. The van der Waals surface area contributed by atoms with Gasteiger partial charge in [-0.05, 0) is 69.3 Å². The molecule has 0 spiro atoms. The number of benzene rings is 1. The van der Waals surface area contributed by atoms with Gasteiger partial charge < -0.3 is 23.9 Å². The first kappa shape index (κ1) is 23.6. The van der Waals surface area contributed by atoms with Gasteiger partial charge in [-0.25, -0.2) is 0 Å². The Balaban J connectivity index is 1.81. The van der Waals surface area contributed by atoms with Gasteiger partial charge in [-0.2, -0.15) is 0 Å². The van der Waals surface area contributed by atoms with Crippen LogP contribution in [0.25, 0.3) is 11.1 Å². The molecule has 1 aromatic heterocycles. The van der Waals surface area contributed by atoms with Crippen LogP contribution in [0.2, 0.25) is 6.32 Å². The molecule has 7 heteroatoms. The van der Waals surface area contributed by atoms with Crippen LogP contribution >= 0.6 is 0 Å². The fourth-order valence-corrected chi connectivity index (χ4v) is 4.10. The Kier molecular flexibility index (Phi) is 7.97. The Hall–Kier alpha value is -2.09. The number of nitrogens with zero attached hydrogens (tertiary/aromatic N) is 1. The highest BCUT2D eigenvalue weighted by Crippen LogP contribution is 2.35. The molecule has 1 aliphatic rings. The van der Waals surface area contributed by atoms with Crippen molar-refractivity contribution in [2.24, 2.45) is 0 Å². The third-order valence-electron chi connectivity index (χ3n) is 5.50. The average molecular weight is 427 g/mol. The summed E-state index contributed by atoms with van der Waals surface area (Å²) in [6.07, 6.45) is 6.09. The standard InChI is InChI=1S/C24H34BNO5/c1-6-9-29-23-11-18(7-8-22(23)28-5)19-10-20(15-26-14-19)21(16-27)13-25-30-17(2)12-24(3,4)31-25/h7-8,10-11,14-15,17,21,27H,6,9,12-13,16H2,1-5H3/t17-,21+/m1/s1. The van der Waals surface area contributed by atoms with Crippen molar-refractivity contribution in [1.29, 1.82) is 0 Å². The number of aliphatic hydroxyl groups is 1. The molecule has 1 N–H and O–H groups in total. The van der Waals surface area contributed by atoms with Crippen LogP contribution < -0.4 is 9.47 Å². The number of pyridine rings is 1. The van der Waals surface area contributed by atoms with Crippen molar-refractivity contribution in [3.8, 4) is 22.6 Å². The molecule has 0 aliphatic carbocycles. The van der Waals surface area contributed by atoms with Gasteiger partial charge >= 0.3 is 7.12 Å². The molecule has 0 radical (unpaired) electrons. The van der Waals surface area contributed by atoms with Crippen LogP contribution in [0.4, 0.5) is 0 Å². The molecule has 1 aromatic carbocycles. The van der Waals surface area contributed by atoms with Crippen LogP contribution in [-0.2, 0) is 9.31 Å². The molecule has 0 saturated carbocycles. The first-order valence-electron chi connectivity index (χ1n) is 11.1. The van der Waals surface area contributed by atoms with E-state index in [4.69, 9.17) is 18.8 Å². The zero-order chi connectivity index (χ0) is 22.4. The second kappa shape index (κ2) is 10.5. The molecular weight excluding hydrogens is 393 g/mol. The first-order valence-corrected chi connectivity index (χ1v) is 11.1. The van der Waals surface area contributed by atoms with Crippen molar-refractivity contribution in [2.45, 2.75) is 64.5 Å². The van der Waals surface area contributed by atoms with E-state index in [9.17, 15) is 5.11 Å². The zero-order valence-corrected chi connectivity index (χ0v) is 19.3. The van der Waals surface area contributed by atoms with Gasteiger partial charge in [0.25, 0.3) is 0 Å². The molecule has 6 nitrogen and oxygen atoms in total. The summed E-state index contributed by atoms with van der Waals surface area (Å²) in [4.78, 5) is 4.44. The zero-order valence-electron chi connectivity index (χ0n) is 19.3. The lowest BCUT2D eigenvalue weighted by atomic mass is 9.72. The number of aliphatic hydroxyl groups excluding tert-OH is 1. The number of methoxy groups -OCH3 is 1. The van der Waals surface area contributed by atoms with E-state index in [1.54, 1.807) is 13.3 Å². The molecule has 2 heterocycles. The third kappa shape index (κ3) is 6.22. The van der Waals surface area contributed by atoms with Gasteiger partial charge in [0.05, 0.1) is 19.3 Å². The molecule has 2 aromatic rings. The summed E-state index contributed by atoms with van der Waals surface area (Å²) >= 11 is 0. The quantitative estimate of drug-likeness (QED) is 0.585.